The van der Waals surface area contributed by atoms with E-state index in [4.69, 9.17) is 30.4 Å². The molecule has 0 radical (unpaired) electrons. The number of esters is 1. The van der Waals surface area contributed by atoms with Crippen molar-refractivity contribution in [2.24, 2.45) is 0 Å². The second-order valence-corrected chi connectivity index (χ2v) is 8.13. The lowest BCUT2D eigenvalue weighted by Crippen LogP contribution is -2.41. The molecule has 1 heterocycles. The third-order valence-corrected chi connectivity index (χ3v) is 5.55. The van der Waals surface area contributed by atoms with Crippen LogP contribution < -0.4 is 10.2 Å². The standard InChI is InChI=1S/C21H24BClO5/c1-20(2)21(3,4)28-22(27-20)16-12-18(17(23)11-15(16)19(24)25-5)26-13-14-9-7-6-8-10-14/h6-12H,13H2,1-5H3. The Morgan fingerprint density at radius 2 is 1.68 bits per heavy atom. The zero-order chi connectivity index (χ0) is 20.5. The molecule has 0 spiro atoms. The van der Waals surface area contributed by atoms with Gasteiger partial charge in [-0.2, -0.15) is 0 Å². The summed E-state index contributed by atoms with van der Waals surface area (Å²) in [5.74, 6) is -0.0656. The molecular formula is C21H24BClO5. The van der Waals surface area contributed by atoms with Gasteiger partial charge in [-0.05, 0) is 45.4 Å². The lowest BCUT2D eigenvalue weighted by atomic mass is 9.75. The van der Waals surface area contributed by atoms with Crippen molar-refractivity contribution < 1.29 is 23.6 Å². The van der Waals surface area contributed by atoms with Crippen molar-refractivity contribution in [2.45, 2.75) is 45.5 Å². The van der Waals surface area contributed by atoms with Gasteiger partial charge in [0.05, 0.1) is 28.9 Å². The van der Waals surface area contributed by atoms with E-state index in [1.807, 2.05) is 58.0 Å². The van der Waals surface area contributed by atoms with Crippen LogP contribution in [0.1, 0.15) is 43.6 Å². The Labute approximate surface area is 171 Å². The maximum atomic E-state index is 12.3. The van der Waals surface area contributed by atoms with Crippen LogP contribution in [0.2, 0.25) is 5.02 Å². The fourth-order valence-corrected chi connectivity index (χ4v) is 3.09. The lowest BCUT2D eigenvalue weighted by Gasteiger charge is -2.32. The Morgan fingerprint density at radius 3 is 2.25 bits per heavy atom. The second kappa shape index (κ2) is 7.78. The van der Waals surface area contributed by atoms with Crippen molar-refractivity contribution in [3.8, 4) is 5.75 Å². The topological polar surface area (TPSA) is 54.0 Å². The molecule has 5 nitrogen and oxygen atoms in total. The number of rotatable bonds is 5. The summed E-state index contributed by atoms with van der Waals surface area (Å²) in [4.78, 5) is 12.3. The summed E-state index contributed by atoms with van der Waals surface area (Å²) in [7, 11) is 0.583. The summed E-state index contributed by atoms with van der Waals surface area (Å²) in [6.45, 7) is 8.16. The first-order valence-electron chi connectivity index (χ1n) is 9.09. The van der Waals surface area contributed by atoms with Gasteiger partial charge in [0.15, 0.2) is 0 Å². The van der Waals surface area contributed by atoms with E-state index in [9.17, 15) is 4.79 Å². The van der Waals surface area contributed by atoms with Crippen LogP contribution >= 0.6 is 11.6 Å². The van der Waals surface area contributed by atoms with Gasteiger partial charge in [0.2, 0.25) is 0 Å². The highest BCUT2D eigenvalue weighted by Gasteiger charge is 2.52. The van der Waals surface area contributed by atoms with Crippen molar-refractivity contribution in [1.29, 1.82) is 0 Å². The fraction of sp³-hybridized carbons (Fsp3) is 0.381. The molecule has 0 amide bonds. The summed E-state index contributed by atoms with van der Waals surface area (Å²) >= 11 is 6.37. The molecule has 0 aromatic heterocycles. The number of carbonyl (C=O) groups is 1. The molecule has 148 valence electrons. The van der Waals surface area contributed by atoms with Crippen LogP contribution in [0.15, 0.2) is 42.5 Å². The highest BCUT2D eigenvalue weighted by Crippen LogP contribution is 2.37. The molecular weight excluding hydrogens is 378 g/mol. The van der Waals surface area contributed by atoms with Gasteiger partial charge in [-0.1, -0.05) is 41.9 Å². The SMILES string of the molecule is COC(=O)c1cc(Cl)c(OCc2ccccc2)cc1B1OC(C)(C)C(C)(C)O1. The zero-order valence-corrected chi connectivity index (χ0v) is 17.5. The Kier molecular flexibility index (Phi) is 5.75. The Balaban J connectivity index is 1.96. The van der Waals surface area contributed by atoms with Crippen molar-refractivity contribution in [1.82, 2.24) is 0 Å². The highest BCUT2D eigenvalue weighted by atomic mass is 35.5. The number of halogens is 1. The fourth-order valence-electron chi connectivity index (χ4n) is 2.87. The average Bonchev–Trinajstić information content (AvgIpc) is 2.88. The normalized spacial score (nSPS) is 17.4. The number of benzene rings is 2. The average molecular weight is 403 g/mol. The molecule has 1 fully saturated rings. The van der Waals surface area contributed by atoms with Gasteiger partial charge in [0.25, 0.3) is 0 Å². The number of ether oxygens (including phenoxy) is 2. The molecule has 3 rings (SSSR count). The third kappa shape index (κ3) is 4.04. The van der Waals surface area contributed by atoms with E-state index in [0.29, 0.717) is 22.8 Å². The number of hydrogen-bond acceptors (Lipinski definition) is 5. The van der Waals surface area contributed by atoms with Crippen LogP contribution in [-0.4, -0.2) is 31.4 Å². The quantitative estimate of drug-likeness (QED) is 0.559. The van der Waals surface area contributed by atoms with Gasteiger partial charge >= 0.3 is 13.1 Å². The van der Waals surface area contributed by atoms with E-state index in [0.717, 1.165) is 5.56 Å². The predicted molar refractivity (Wildman–Crippen MR) is 109 cm³/mol. The van der Waals surface area contributed by atoms with Gasteiger partial charge in [0.1, 0.15) is 12.4 Å². The molecule has 1 aliphatic rings. The Hall–Kier alpha value is -2.02. The van der Waals surface area contributed by atoms with E-state index >= 15 is 0 Å². The molecule has 0 N–H and O–H groups in total. The van der Waals surface area contributed by atoms with E-state index in [-0.39, 0.29) is 5.56 Å². The van der Waals surface area contributed by atoms with Crippen molar-refractivity contribution in [2.75, 3.05) is 7.11 Å². The van der Waals surface area contributed by atoms with Crippen LogP contribution in [0.5, 0.6) is 5.75 Å². The molecule has 0 atom stereocenters. The molecule has 0 saturated carbocycles. The molecule has 7 heteroatoms. The van der Waals surface area contributed by atoms with E-state index in [2.05, 4.69) is 0 Å². The monoisotopic (exact) mass is 402 g/mol. The van der Waals surface area contributed by atoms with Gasteiger partial charge in [-0.3, -0.25) is 0 Å². The number of methoxy groups -OCH3 is 1. The first-order chi connectivity index (χ1) is 13.1. The summed E-state index contributed by atoms with van der Waals surface area (Å²) < 4.78 is 23.0. The largest absolute Gasteiger partial charge is 0.495 e. The molecule has 0 unspecified atom stereocenters. The van der Waals surface area contributed by atoms with Crippen LogP contribution in [0.4, 0.5) is 0 Å². The van der Waals surface area contributed by atoms with E-state index in [1.165, 1.54) is 13.2 Å². The molecule has 0 aliphatic carbocycles. The van der Waals surface area contributed by atoms with Crippen molar-refractivity contribution in [3.05, 3.63) is 58.6 Å². The van der Waals surface area contributed by atoms with Gasteiger partial charge in [-0.15, -0.1) is 0 Å². The smallest absolute Gasteiger partial charge is 0.487 e. The minimum absolute atomic E-state index is 0.290. The molecule has 2 aromatic carbocycles. The van der Waals surface area contributed by atoms with Crippen LogP contribution in [0.3, 0.4) is 0 Å². The maximum Gasteiger partial charge on any atom is 0.495 e. The summed E-state index contributed by atoms with van der Waals surface area (Å²) in [5.41, 5.74) is 0.731. The zero-order valence-electron chi connectivity index (χ0n) is 16.7. The maximum absolute atomic E-state index is 12.3. The Morgan fingerprint density at radius 1 is 1.07 bits per heavy atom. The number of hydrogen-bond donors (Lipinski definition) is 0. The number of carbonyl (C=O) groups excluding carboxylic acids is 1. The minimum atomic E-state index is -0.740. The Bertz CT molecular complexity index is 851. The second-order valence-electron chi connectivity index (χ2n) is 7.72. The predicted octanol–water partition coefficient (Wildman–Crippen LogP) is 4.00. The molecule has 28 heavy (non-hydrogen) atoms. The van der Waals surface area contributed by atoms with Crippen LogP contribution in [0.25, 0.3) is 0 Å². The van der Waals surface area contributed by atoms with Gasteiger partial charge in [0, 0.05) is 5.46 Å². The minimum Gasteiger partial charge on any atom is -0.487 e. The lowest BCUT2D eigenvalue weighted by molar-refractivity contribution is 0.00578. The van der Waals surface area contributed by atoms with Gasteiger partial charge in [-0.25, -0.2) is 4.79 Å². The third-order valence-electron chi connectivity index (χ3n) is 5.25. The molecule has 2 aromatic rings. The van der Waals surface area contributed by atoms with Crippen LogP contribution in [0, 0.1) is 0 Å². The van der Waals surface area contributed by atoms with E-state index in [1.54, 1.807) is 6.07 Å². The first kappa shape index (κ1) is 20.7. The van der Waals surface area contributed by atoms with Crippen molar-refractivity contribution in [3.63, 3.8) is 0 Å². The van der Waals surface area contributed by atoms with E-state index < -0.39 is 24.3 Å². The first-order valence-corrected chi connectivity index (χ1v) is 9.46. The molecule has 1 saturated heterocycles. The molecule has 1 aliphatic heterocycles. The summed E-state index contributed by atoms with van der Waals surface area (Å²) in [6, 6.07) is 13.0. The summed E-state index contributed by atoms with van der Waals surface area (Å²) in [6.07, 6.45) is 0. The highest BCUT2D eigenvalue weighted by molar-refractivity contribution is 6.64. The van der Waals surface area contributed by atoms with Crippen molar-refractivity contribution >= 4 is 30.2 Å². The van der Waals surface area contributed by atoms with Gasteiger partial charge < -0.3 is 18.8 Å². The summed E-state index contributed by atoms with van der Waals surface area (Å²) in [5, 5.41) is 0.316. The van der Waals surface area contributed by atoms with Crippen LogP contribution in [-0.2, 0) is 20.7 Å². The molecule has 0 bridgehead atoms.